The van der Waals surface area contributed by atoms with E-state index in [9.17, 15) is 8.78 Å². The van der Waals surface area contributed by atoms with Gasteiger partial charge in [-0.25, -0.2) is 8.78 Å². The second-order valence-corrected chi connectivity index (χ2v) is 5.88. The Labute approximate surface area is 127 Å². The molecule has 0 radical (unpaired) electrons. The average Bonchev–Trinajstić information content (AvgIpc) is 2.46. The molecule has 1 rings (SSSR count). The van der Waals surface area contributed by atoms with Crippen LogP contribution in [-0.4, -0.2) is 31.6 Å². The zero-order valence-corrected chi connectivity index (χ0v) is 13.6. The number of rotatable bonds is 9. The minimum atomic E-state index is -0.777. The highest BCUT2D eigenvalue weighted by atomic mass is 19.2. The van der Waals surface area contributed by atoms with Gasteiger partial charge in [-0.1, -0.05) is 39.3 Å². The van der Waals surface area contributed by atoms with E-state index < -0.39 is 11.6 Å². The number of hydrogen-bond donors (Lipinski definition) is 1. The van der Waals surface area contributed by atoms with Gasteiger partial charge < -0.3 is 10.2 Å². The summed E-state index contributed by atoms with van der Waals surface area (Å²) in [6.07, 6.45) is 2.08. The molecule has 0 saturated carbocycles. The maximum Gasteiger partial charge on any atom is 0.163 e. The van der Waals surface area contributed by atoms with Crippen molar-refractivity contribution < 1.29 is 8.78 Å². The van der Waals surface area contributed by atoms with Crippen LogP contribution in [0.1, 0.15) is 45.2 Å². The van der Waals surface area contributed by atoms with Gasteiger partial charge in [0.2, 0.25) is 0 Å². The number of nitrogens with one attached hydrogen (secondary N) is 1. The van der Waals surface area contributed by atoms with Gasteiger partial charge in [-0.05, 0) is 32.0 Å². The number of hydrogen-bond acceptors (Lipinski definition) is 2. The Morgan fingerprint density at radius 3 is 2.52 bits per heavy atom. The van der Waals surface area contributed by atoms with E-state index in [1.807, 2.05) is 7.05 Å². The van der Waals surface area contributed by atoms with Crippen molar-refractivity contribution in [2.75, 3.05) is 26.7 Å². The highest BCUT2D eigenvalue weighted by Gasteiger charge is 2.19. The molecule has 0 spiro atoms. The maximum absolute atomic E-state index is 14.0. The van der Waals surface area contributed by atoms with Crippen molar-refractivity contribution in [3.63, 3.8) is 0 Å². The van der Waals surface area contributed by atoms with E-state index in [4.69, 9.17) is 0 Å². The molecule has 0 amide bonds. The van der Waals surface area contributed by atoms with Gasteiger partial charge in [-0.15, -0.1) is 0 Å². The van der Waals surface area contributed by atoms with Crippen molar-refractivity contribution in [3.05, 3.63) is 35.4 Å². The molecule has 2 unspecified atom stereocenters. The third-order valence-electron chi connectivity index (χ3n) is 3.81. The normalized spacial score (nSPS) is 14.4. The van der Waals surface area contributed by atoms with Gasteiger partial charge in [-0.3, -0.25) is 0 Å². The van der Waals surface area contributed by atoms with Crippen LogP contribution in [0, 0.1) is 17.6 Å². The lowest BCUT2D eigenvalue weighted by Gasteiger charge is -2.27. The van der Waals surface area contributed by atoms with Crippen molar-refractivity contribution in [1.82, 2.24) is 10.2 Å². The van der Waals surface area contributed by atoms with Gasteiger partial charge in [0.05, 0.1) is 0 Å². The molecule has 0 aromatic heterocycles. The van der Waals surface area contributed by atoms with E-state index in [2.05, 4.69) is 31.0 Å². The summed E-state index contributed by atoms with van der Waals surface area (Å²) in [5.74, 6) is -0.914. The topological polar surface area (TPSA) is 15.3 Å². The largest absolute Gasteiger partial charge is 0.309 e. The molecular weight excluding hydrogens is 270 g/mol. The van der Waals surface area contributed by atoms with E-state index in [1.54, 1.807) is 12.1 Å². The molecular formula is C17H28F2N2. The summed E-state index contributed by atoms with van der Waals surface area (Å²) in [7, 11) is 2.03. The van der Waals surface area contributed by atoms with Crippen LogP contribution in [-0.2, 0) is 0 Å². The Hall–Kier alpha value is -1.00. The van der Waals surface area contributed by atoms with E-state index in [0.717, 1.165) is 25.9 Å². The van der Waals surface area contributed by atoms with Crippen LogP contribution in [0.3, 0.4) is 0 Å². The first-order chi connectivity index (χ1) is 9.99. The van der Waals surface area contributed by atoms with E-state index in [0.29, 0.717) is 18.0 Å². The molecule has 0 heterocycles. The molecule has 120 valence electrons. The summed E-state index contributed by atoms with van der Waals surface area (Å²) in [5, 5.41) is 3.33. The van der Waals surface area contributed by atoms with Crippen molar-refractivity contribution in [1.29, 1.82) is 0 Å². The van der Waals surface area contributed by atoms with Crippen LogP contribution in [0.4, 0.5) is 8.78 Å². The average molecular weight is 298 g/mol. The lowest BCUT2D eigenvalue weighted by Crippen LogP contribution is -2.36. The van der Waals surface area contributed by atoms with Crippen LogP contribution >= 0.6 is 0 Å². The summed E-state index contributed by atoms with van der Waals surface area (Å²) in [6.45, 7) is 8.85. The van der Waals surface area contributed by atoms with Gasteiger partial charge in [0.1, 0.15) is 0 Å². The molecule has 0 aliphatic rings. The molecule has 0 bridgehead atoms. The third kappa shape index (κ3) is 5.71. The summed E-state index contributed by atoms with van der Waals surface area (Å²) in [4.78, 5) is 2.19. The lowest BCUT2D eigenvalue weighted by molar-refractivity contribution is 0.250. The Morgan fingerprint density at radius 2 is 1.90 bits per heavy atom. The quantitative estimate of drug-likeness (QED) is 0.742. The van der Waals surface area contributed by atoms with Gasteiger partial charge in [0.15, 0.2) is 11.6 Å². The summed E-state index contributed by atoms with van der Waals surface area (Å²) >= 11 is 0. The molecule has 1 N–H and O–H groups in total. The highest BCUT2D eigenvalue weighted by Crippen LogP contribution is 2.20. The van der Waals surface area contributed by atoms with Gasteiger partial charge in [0, 0.05) is 24.7 Å². The monoisotopic (exact) mass is 298 g/mol. The lowest BCUT2D eigenvalue weighted by atomic mass is 10.0. The standard InChI is InChI=1S/C17H28F2N2/c1-5-10-20-16(12-21(4)11-13(3)6-2)14-8-7-9-15(18)17(14)19/h7-9,13,16,20H,5-6,10-12H2,1-4H3. The predicted molar refractivity (Wildman–Crippen MR) is 84.3 cm³/mol. The van der Waals surface area contributed by atoms with Gasteiger partial charge >= 0.3 is 0 Å². The van der Waals surface area contributed by atoms with Crippen molar-refractivity contribution in [2.45, 2.75) is 39.7 Å². The molecule has 0 saturated heterocycles. The second-order valence-electron chi connectivity index (χ2n) is 5.88. The van der Waals surface area contributed by atoms with E-state index in [1.165, 1.54) is 6.07 Å². The molecule has 0 aliphatic heterocycles. The fourth-order valence-corrected chi connectivity index (χ4v) is 2.43. The Kier molecular flexibility index (Phi) is 7.83. The zero-order valence-electron chi connectivity index (χ0n) is 13.6. The van der Waals surface area contributed by atoms with Crippen LogP contribution in [0.2, 0.25) is 0 Å². The molecule has 21 heavy (non-hydrogen) atoms. The van der Waals surface area contributed by atoms with Gasteiger partial charge in [-0.2, -0.15) is 0 Å². The smallest absolute Gasteiger partial charge is 0.163 e. The van der Waals surface area contributed by atoms with Gasteiger partial charge in [0.25, 0.3) is 0 Å². The first kappa shape index (κ1) is 18.1. The molecule has 0 fully saturated rings. The Bertz CT molecular complexity index is 423. The zero-order chi connectivity index (χ0) is 15.8. The predicted octanol–water partition coefficient (Wildman–Crippen LogP) is 3.98. The minimum absolute atomic E-state index is 0.185. The molecule has 2 atom stereocenters. The molecule has 1 aromatic carbocycles. The van der Waals surface area contributed by atoms with E-state index in [-0.39, 0.29) is 6.04 Å². The van der Waals surface area contributed by atoms with Crippen molar-refractivity contribution in [3.8, 4) is 0 Å². The summed E-state index contributed by atoms with van der Waals surface area (Å²) in [5.41, 5.74) is 0.416. The number of halogens is 2. The Morgan fingerprint density at radius 1 is 1.19 bits per heavy atom. The summed E-state index contributed by atoms with van der Waals surface area (Å²) in [6, 6.07) is 4.22. The minimum Gasteiger partial charge on any atom is -0.309 e. The molecule has 4 heteroatoms. The first-order valence-corrected chi connectivity index (χ1v) is 7.85. The second kappa shape index (κ2) is 9.11. The SMILES string of the molecule is CCCNC(CN(C)CC(C)CC)c1cccc(F)c1F. The van der Waals surface area contributed by atoms with Crippen LogP contribution in [0.15, 0.2) is 18.2 Å². The third-order valence-corrected chi connectivity index (χ3v) is 3.81. The fourth-order valence-electron chi connectivity index (χ4n) is 2.43. The molecule has 0 aliphatic carbocycles. The number of likely N-dealkylation sites (N-methyl/N-ethyl adjacent to an activating group) is 1. The number of benzene rings is 1. The van der Waals surface area contributed by atoms with Crippen LogP contribution in [0.5, 0.6) is 0 Å². The summed E-state index contributed by atoms with van der Waals surface area (Å²) < 4.78 is 27.5. The number of nitrogens with zero attached hydrogens (tertiary/aromatic N) is 1. The molecule has 1 aromatic rings. The van der Waals surface area contributed by atoms with E-state index >= 15 is 0 Å². The molecule has 2 nitrogen and oxygen atoms in total. The van der Waals surface area contributed by atoms with Crippen molar-refractivity contribution >= 4 is 0 Å². The van der Waals surface area contributed by atoms with Crippen LogP contribution < -0.4 is 5.32 Å². The highest BCUT2D eigenvalue weighted by molar-refractivity contribution is 5.23. The fraction of sp³-hybridized carbons (Fsp3) is 0.647. The Balaban J connectivity index is 2.82. The maximum atomic E-state index is 14.0. The van der Waals surface area contributed by atoms with Crippen LogP contribution in [0.25, 0.3) is 0 Å². The van der Waals surface area contributed by atoms with Crippen molar-refractivity contribution in [2.24, 2.45) is 5.92 Å². The first-order valence-electron chi connectivity index (χ1n) is 7.85.